The molecular formula is C32H37Cl2FO5. The zero-order chi connectivity index (χ0) is 30.2. The van der Waals surface area contributed by atoms with E-state index in [0.717, 1.165) is 16.7 Å². The molecule has 8 heteroatoms. The fourth-order valence-corrected chi connectivity index (χ4v) is 4.36. The lowest BCUT2D eigenvalue weighted by Crippen LogP contribution is -2.22. The molecule has 216 valence electrons. The predicted molar refractivity (Wildman–Crippen MR) is 160 cm³/mol. The first-order valence-corrected chi connectivity index (χ1v) is 13.9. The molecule has 5 nitrogen and oxygen atoms in total. The molecule has 1 aliphatic rings. The minimum absolute atomic E-state index is 0.0591. The molecule has 2 N–H and O–H groups in total. The van der Waals surface area contributed by atoms with Crippen molar-refractivity contribution in [3.05, 3.63) is 99.3 Å². The van der Waals surface area contributed by atoms with Crippen molar-refractivity contribution >= 4 is 46.5 Å². The summed E-state index contributed by atoms with van der Waals surface area (Å²) in [5.41, 5.74) is 3.42. The van der Waals surface area contributed by atoms with Crippen molar-refractivity contribution < 1.29 is 29.0 Å². The number of hydrogen-bond donors (Lipinski definition) is 2. The number of ketones is 1. The van der Waals surface area contributed by atoms with Crippen LogP contribution < -0.4 is 0 Å². The zero-order valence-corrected chi connectivity index (χ0v) is 24.8. The Morgan fingerprint density at radius 3 is 2.12 bits per heavy atom. The van der Waals surface area contributed by atoms with Gasteiger partial charge in [-0.05, 0) is 55.0 Å². The van der Waals surface area contributed by atoms with Gasteiger partial charge in [0.15, 0.2) is 0 Å². The molecule has 0 heterocycles. The molecule has 0 amide bonds. The maximum Gasteiger partial charge on any atom is 0.307 e. The number of allylic oxidation sites excluding steroid dienone is 6. The number of benzene rings is 2. The van der Waals surface area contributed by atoms with Gasteiger partial charge in [0.05, 0.1) is 22.4 Å². The SMILES string of the molecule is CC.C[C@H](CC(=O)C[C@@H](CC(=O)O)C(=O)O)CC1=CC=C(c2ccccc2)C(F)=CC1.Cc1ccc(Cl)c(Cl)c1. The third-order valence-electron chi connectivity index (χ3n) is 5.88. The zero-order valence-electron chi connectivity index (χ0n) is 23.3. The molecule has 2 aromatic carbocycles. The molecule has 0 aliphatic heterocycles. The average molecular weight is 592 g/mol. The number of Topliss-reactive ketones (excluding diaryl/α,β-unsaturated/α-hetero) is 1. The first-order chi connectivity index (χ1) is 19.0. The number of hydrogen-bond acceptors (Lipinski definition) is 3. The fourth-order valence-electron chi connectivity index (χ4n) is 4.01. The van der Waals surface area contributed by atoms with Crippen LogP contribution in [0, 0.1) is 18.8 Å². The first-order valence-electron chi connectivity index (χ1n) is 13.1. The molecule has 3 rings (SSSR count). The van der Waals surface area contributed by atoms with Crippen molar-refractivity contribution in [1.82, 2.24) is 0 Å². The highest BCUT2D eigenvalue weighted by Crippen LogP contribution is 2.30. The van der Waals surface area contributed by atoms with E-state index < -0.39 is 24.3 Å². The third-order valence-corrected chi connectivity index (χ3v) is 6.62. The Labute approximate surface area is 246 Å². The van der Waals surface area contributed by atoms with Crippen LogP contribution in [-0.4, -0.2) is 27.9 Å². The number of halogens is 3. The summed E-state index contributed by atoms with van der Waals surface area (Å²) in [6, 6.07) is 14.8. The largest absolute Gasteiger partial charge is 0.481 e. The van der Waals surface area contributed by atoms with E-state index in [4.69, 9.17) is 33.4 Å². The molecule has 1 aliphatic carbocycles. The number of carboxylic acids is 2. The second-order valence-corrected chi connectivity index (χ2v) is 10.1. The number of carbonyl (C=O) groups is 3. The number of aliphatic carboxylic acids is 2. The molecule has 0 fully saturated rings. The second kappa shape index (κ2) is 18.2. The number of aryl methyl sites for hydroxylation is 1. The van der Waals surface area contributed by atoms with E-state index in [2.05, 4.69) is 0 Å². The molecule has 0 aromatic heterocycles. The van der Waals surface area contributed by atoms with Gasteiger partial charge >= 0.3 is 11.9 Å². The highest BCUT2D eigenvalue weighted by atomic mass is 35.5. The Morgan fingerprint density at radius 2 is 1.57 bits per heavy atom. The predicted octanol–water partition coefficient (Wildman–Crippen LogP) is 9.13. The Hall–Kier alpha value is -3.22. The Bertz CT molecular complexity index is 1240. The monoisotopic (exact) mass is 590 g/mol. The van der Waals surface area contributed by atoms with Crippen LogP contribution in [0.1, 0.15) is 64.0 Å². The van der Waals surface area contributed by atoms with Gasteiger partial charge < -0.3 is 10.2 Å². The summed E-state index contributed by atoms with van der Waals surface area (Å²) in [6.07, 6.45) is 5.44. The normalized spacial score (nSPS) is 13.9. The van der Waals surface area contributed by atoms with Gasteiger partial charge in [0.25, 0.3) is 0 Å². The van der Waals surface area contributed by atoms with E-state index in [1.54, 1.807) is 12.1 Å². The minimum Gasteiger partial charge on any atom is -0.481 e. The van der Waals surface area contributed by atoms with Gasteiger partial charge in [-0.1, -0.05) is 98.1 Å². The van der Waals surface area contributed by atoms with Crippen LogP contribution in [0.15, 0.2) is 78.2 Å². The van der Waals surface area contributed by atoms with E-state index >= 15 is 0 Å². The highest BCUT2D eigenvalue weighted by Gasteiger charge is 2.25. The summed E-state index contributed by atoms with van der Waals surface area (Å²) in [5.74, 6) is -4.35. The molecule has 40 heavy (non-hydrogen) atoms. The van der Waals surface area contributed by atoms with E-state index in [1.165, 1.54) is 6.08 Å². The average Bonchev–Trinajstić information content (AvgIpc) is 3.08. The topological polar surface area (TPSA) is 91.7 Å². The molecule has 0 radical (unpaired) electrons. The summed E-state index contributed by atoms with van der Waals surface area (Å²) in [7, 11) is 0. The van der Waals surface area contributed by atoms with Crippen molar-refractivity contribution in [2.24, 2.45) is 11.8 Å². The van der Waals surface area contributed by atoms with Gasteiger partial charge in [0.1, 0.15) is 11.6 Å². The number of carbonyl (C=O) groups excluding carboxylic acids is 1. The van der Waals surface area contributed by atoms with Gasteiger partial charge in [-0.15, -0.1) is 0 Å². The Kier molecular flexibility index (Phi) is 15.8. The summed E-state index contributed by atoms with van der Waals surface area (Å²) in [5, 5.41) is 19.1. The molecular weight excluding hydrogens is 554 g/mol. The van der Waals surface area contributed by atoms with Crippen molar-refractivity contribution in [3.8, 4) is 0 Å². The smallest absolute Gasteiger partial charge is 0.307 e. The molecule has 2 aromatic rings. The molecule has 0 spiro atoms. The van der Waals surface area contributed by atoms with Crippen molar-refractivity contribution in [2.75, 3.05) is 0 Å². The van der Waals surface area contributed by atoms with E-state index in [9.17, 15) is 18.8 Å². The van der Waals surface area contributed by atoms with E-state index in [-0.39, 0.29) is 30.4 Å². The van der Waals surface area contributed by atoms with Gasteiger partial charge in [0.2, 0.25) is 0 Å². The van der Waals surface area contributed by atoms with E-state index in [0.29, 0.717) is 28.5 Å². The van der Waals surface area contributed by atoms with Crippen LogP contribution >= 0.6 is 23.2 Å². The van der Waals surface area contributed by atoms with Crippen LogP contribution in [0.3, 0.4) is 0 Å². The summed E-state index contributed by atoms with van der Waals surface area (Å²) in [4.78, 5) is 34.1. The standard InChI is InChI=1S/C23H25FO5.C7H6Cl2.C2H6/c1-15(12-19(25)13-18(23(28)29)14-22(26)27)11-16-7-9-20(21(24)10-8-16)17-5-3-2-4-6-17;1-5-2-3-6(8)7(9)4-5;1-2/h2-7,9-10,15,18H,8,11-14H2,1H3,(H,26,27)(H,28,29);2-4H,1H3;1-2H3/t15-,18-;;/m0../s1. The van der Waals surface area contributed by atoms with E-state index in [1.807, 2.05) is 76.2 Å². The highest BCUT2D eigenvalue weighted by molar-refractivity contribution is 6.42. The summed E-state index contributed by atoms with van der Waals surface area (Å²) in [6.45, 7) is 7.85. The van der Waals surface area contributed by atoms with Gasteiger partial charge in [-0.2, -0.15) is 0 Å². The van der Waals surface area contributed by atoms with Crippen molar-refractivity contribution in [3.63, 3.8) is 0 Å². The number of carboxylic acid groups (broad SMARTS) is 2. The lowest BCUT2D eigenvalue weighted by molar-refractivity contribution is -0.149. The van der Waals surface area contributed by atoms with Crippen LogP contribution in [-0.2, 0) is 14.4 Å². The second-order valence-electron chi connectivity index (χ2n) is 9.33. The molecule has 0 saturated carbocycles. The molecule has 2 atom stereocenters. The lowest BCUT2D eigenvalue weighted by Gasteiger charge is -2.14. The fraction of sp³-hybridized carbons (Fsp3) is 0.344. The van der Waals surface area contributed by atoms with Crippen molar-refractivity contribution in [2.45, 2.75) is 59.8 Å². The van der Waals surface area contributed by atoms with Crippen LogP contribution in [0.4, 0.5) is 4.39 Å². The summed E-state index contributed by atoms with van der Waals surface area (Å²) < 4.78 is 14.4. The van der Waals surface area contributed by atoms with Crippen LogP contribution in [0.5, 0.6) is 0 Å². The van der Waals surface area contributed by atoms with Crippen molar-refractivity contribution in [1.29, 1.82) is 0 Å². The van der Waals surface area contributed by atoms with Crippen LogP contribution in [0.2, 0.25) is 10.0 Å². The molecule has 0 saturated heterocycles. The maximum atomic E-state index is 14.4. The lowest BCUT2D eigenvalue weighted by atomic mass is 9.90. The Balaban J connectivity index is 0.000000609. The van der Waals surface area contributed by atoms with Crippen LogP contribution in [0.25, 0.3) is 5.57 Å². The van der Waals surface area contributed by atoms with Gasteiger partial charge in [0, 0.05) is 18.4 Å². The quantitative estimate of drug-likeness (QED) is 0.288. The Morgan fingerprint density at radius 1 is 0.925 bits per heavy atom. The number of rotatable bonds is 10. The minimum atomic E-state index is -1.28. The maximum absolute atomic E-state index is 14.4. The van der Waals surface area contributed by atoms with Gasteiger partial charge in [-0.3, -0.25) is 14.4 Å². The molecule has 0 unspecified atom stereocenters. The summed E-state index contributed by atoms with van der Waals surface area (Å²) >= 11 is 11.3. The first kappa shape index (κ1) is 34.8. The molecule has 0 bridgehead atoms. The van der Waals surface area contributed by atoms with Gasteiger partial charge in [-0.25, -0.2) is 4.39 Å². The third kappa shape index (κ3) is 12.8.